The van der Waals surface area contributed by atoms with Gasteiger partial charge in [-0.3, -0.25) is 0 Å². The number of alkyl halides is 3. The molecule has 0 aliphatic rings. The lowest BCUT2D eigenvalue weighted by Crippen LogP contribution is -2.15. The fourth-order valence-electron chi connectivity index (χ4n) is 3.12. The molecule has 2 nitrogen and oxygen atoms in total. The monoisotopic (exact) mass is 379 g/mol. The summed E-state index contributed by atoms with van der Waals surface area (Å²) in [6.07, 6.45) is 0.715. The van der Waals surface area contributed by atoms with Gasteiger partial charge in [-0.15, -0.1) is 0 Å². The molecule has 0 saturated heterocycles. The number of aryl methyl sites for hydroxylation is 1. The molecular weight excluding hydrogens is 351 g/mol. The molecule has 0 aliphatic carbocycles. The number of rotatable bonds is 9. The average Bonchev–Trinajstić information content (AvgIpc) is 2.64. The number of aliphatic hydroxyl groups is 1. The maximum atomic E-state index is 13.5. The van der Waals surface area contributed by atoms with Gasteiger partial charge in [0.1, 0.15) is 0 Å². The number of benzene rings is 1. The van der Waals surface area contributed by atoms with Crippen LogP contribution in [0.4, 0.5) is 13.2 Å². The van der Waals surface area contributed by atoms with Crippen LogP contribution in [0.1, 0.15) is 74.8 Å². The lowest BCUT2D eigenvalue weighted by molar-refractivity contribution is -0.142. The fraction of sp³-hybridized carbons (Fsp3) is 0.500. The SMILES string of the molecule is CCCCCCCCC(O)c1ccc(-c2ccc(C)cc2)nc1C(F)(F)F. The highest BCUT2D eigenvalue weighted by molar-refractivity contribution is 5.60. The molecule has 0 amide bonds. The van der Waals surface area contributed by atoms with Crippen LogP contribution in [-0.2, 0) is 6.18 Å². The number of aliphatic hydroxyl groups excluding tert-OH is 1. The van der Waals surface area contributed by atoms with E-state index >= 15 is 0 Å². The predicted octanol–water partition coefficient (Wildman–Crippen LogP) is 6.86. The van der Waals surface area contributed by atoms with Crippen molar-refractivity contribution in [3.63, 3.8) is 0 Å². The molecule has 1 aromatic carbocycles. The van der Waals surface area contributed by atoms with E-state index in [9.17, 15) is 18.3 Å². The Morgan fingerprint density at radius 2 is 1.56 bits per heavy atom. The van der Waals surface area contributed by atoms with E-state index in [-0.39, 0.29) is 11.3 Å². The zero-order chi connectivity index (χ0) is 19.9. The van der Waals surface area contributed by atoms with Crippen LogP contribution in [0, 0.1) is 6.92 Å². The van der Waals surface area contributed by atoms with Gasteiger partial charge in [0.25, 0.3) is 0 Å². The van der Waals surface area contributed by atoms with Gasteiger partial charge in [0, 0.05) is 11.1 Å². The number of aromatic nitrogens is 1. The van der Waals surface area contributed by atoms with E-state index in [0.717, 1.165) is 31.2 Å². The molecule has 0 fully saturated rings. The molecule has 5 heteroatoms. The number of pyridine rings is 1. The van der Waals surface area contributed by atoms with Crippen LogP contribution in [0.15, 0.2) is 36.4 Å². The van der Waals surface area contributed by atoms with E-state index in [4.69, 9.17) is 0 Å². The molecule has 2 aromatic rings. The first kappa shape index (κ1) is 21.4. The molecule has 1 atom stereocenters. The van der Waals surface area contributed by atoms with E-state index in [2.05, 4.69) is 11.9 Å². The average molecular weight is 379 g/mol. The van der Waals surface area contributed by atoms with Crippen molar-refractivity contribution in [2.75, 3.05) is 0 Å². The minimum absolute atomic E-state index is 0.132. The first-order valence-electron chi connectivity index (χ1n) is 9.66. The second-order valence-corrected chi connectivity index (χ2v) is 7.07. The Labute approximate surface area is 159 Å². The molecule has 2 rings (SSSR count). The van der Waals surface area contributed by atoms with Crippen LogP contribution < -0.4 is 0 Å². The van der Waals surface area contributed by atoms with E-state index in [0.29, 0.717) is 18.4 Å². The van der Waals surface area contributed by atoms with E-state index in [1.54, 1.807) is 18.2 Å². The quantitative estimate of drug-likeness (QED) is 0.483. The zero-order valence-electron chi connectivity index (χ0n) is 16.0. The smallest absolute Gasteiger partial charge is 0.388 e. The van der Waals surface area contributed by atoms with Gasteiger partial charge in [-0.25, -0.2) is 4.98 Å². The van der Waals surface area contributed by atoms with Crippen molar-refractivity contribution in [2.45, 2.75) is 71.1 Å². The lowest BCUT2D eigenvalue weighted by atomic mass is 9.99. The summed E-state index contributed by atoms with van der Waals surface area (Å²) < 4.78 is 40.6. The Kier molecular flexibility index (Phi) is 7.84. The highest BCUT2D eigenvalue weighted by Gasteiger charge is 2.37. The fourth-order valence-corrected chi connectivity index (χ4v) is 3.12. The molecule has 0 aliphatic heterocycles. The van der Waals surface area contributed by atoms with E-state index in [1.165, 1.54) is 12.5 Å². The molecule has 0 radical (unpaired) electrons. The summed E-state index contributed by atoms with van der Waals surface area (Å²) in [4.78, 5) is 3.85. The highest BCUT2D eigenvalue weighted by atomic mass is 19.4. The van der Waals surface area contributed by atoms with Crippen molar-refractivity contribution in [3.05, 3.63) is 53.2 Å². The van der Waals surface area contributed by atoms with E-state index < -0.39 is 18.0 Å². The van der Waals surface area contributed by atoms with Gasteiger partial charge in [0.2, 0.25) is 0 Å². The van der Waals surface area contributed by atoms with Gasteiger partial charge >= 0.3 is 6.18 Å². The Balaban J connectivity index is 2.14. The number of hydrogen-bond acceptors (Lipinski definition) is 2. The summed E-state index contributed by atoms with van der Waals surface area (Å²) in [5, 5.41) is 10.3. The van der Waals surface area contributed by atoms with Gasteiger partial charge in [0.05, 0.1) is 11.8 Å². The molecule has 148 valence electrons. The summed E-state index contributed by atoms with van der Waals surface area (Å²) in [5.74, 6) is 0. The molecule has 1 heterocycles. The molecule has 27 heavy (non-hydrogen) atoms. The molecule has 0 saturated carbocycles. The van der Waals surface area contributed by atoms with E-state index in [1.807, 2.05) is 19.1 Å². The van der Waals surface area contributed by atoms with Crippen LogP contribution in [-0.4, -0.2) is 10.1 Å². The summed E-state index contributed by atoms with van der Waals surface area (Å²) in [7, 11) is 0. The third-order valence-electron chi connectivity index (χ3n) is 4.73. The van der Waals surface area contributed by atoms with Crippen LogP contribution in [0.25, 0.3) is 11.3 Å². The Hall–Kier alpha value is -1.88. The molecule has 0 spiro atoms. The van der Waals surface area contributed by atoms with Gasteiger partial charge < -0.3 is 5.11 Å². The first-order valence-corrected chi connectivity index (χ1v) is 9.66. The molecule has 0 bridgehead atoms. The van der Waals surface area contributed by atoms with Crippen molar-refractivity contribution >= 4 is 0 Å². The van der Waals surface area contributed by atoms with Crippen LogP contribution in [0.2, 0.25) is 0 Å². The number of unbranched alkanes of at least 4 members (excludes halogenated alkanes) is 5. The maximum Gasteiger partial charge on any atom is 0.433 e. The van der Waals surface area contributed by atoms with Crippen molar-refractivity contribution < 1.29 is 18.3 Å². The zero-order valence-corrected chi connectivity index (χ0v) is 16.0. The topological polar surface area (TPSA) is 33.1 Å². The Bertz CT molecular complexity index is 710. The van der Waals surface area contributed by atoms with Crippen LogP contribution in [0.5, 0.6) is 0 Å². The third kappa shape index (κ3) is 6.35. The van der Waals surface area contributed by atoms with Crippen LogP contribution >= 0.6 is 0 Å². The van der Waals surface area contributed by atoms with Crippen molar-refractivity contribution in [1.29, 1.82) is 0 Å². The van der Waals surface area contributed by atoms with Crippen molar-refractivity contribution in [1.82, 2.24) is 4.98 Å². The highest BCUT2D eigenvalue weighted by Crippen LogP contribution is 2.36. The summed E-state index contributed by atoms with van der Waals surface area (Å²) in [6.45, 7) is 4.05. The first-order chi connectivity index (χ1) is 12.8. The van der Waals surface area contributed by atoms with Gasteiger partial charge in [-0.05, 0) is 19.4 Å². The van der Waals surface area contributed by atoms with Gasteiger partial charge in [-0.2, -0.15) is 13.2 Å². The number of halogens is 3. The maximum absolute atomic E-state index is 13.5. The lowest BCUT2D eigenvalue weighted by Gasteiger charge is -2.18. The summed E-state index contributed by atoms with van der Waals surface area (Å²) in [6, 6.07) is 10.1. The minimum atomic E-state index is -4.60. The second-order valence-electron chi connectivity index (χ2n) is 7.07. The molecule has 1 N–H and O–H groups in total. The second kappa shape index (κ2) is 9.88. The largest absolute Gasteiger partial charge is 0.433 e. The van der Waals surface area contributed by atoms with Gasteiger partial charge in [0.15, 0.2) is 5.69 Å². The summed E-state index contributed by atoms with van der Waals surface area (Å²) in [5.41, 5.74) is 0.799. The number of hydrogen-bond donors (Lipinski definition) is 1. The van der Waals surface area contributed by atoms with Gasteiger partial charge in [-0.1, -0.05) is 81.3 Å². The number of nitrogens with zero attached hydrogens (tertiary/aromatic N) is 1. The summed E-state index contributed by atoms with van der Waals surface area (Å²) >= 11 is 0. The van der Waals surface area contributed by atoms with Crippen molar-refractivity contribution in [3.8, 4) is 11.3 Å². The molecule has 1 aromatic heterocycles. The molecular formula is C22H28F3NO. The van der Waals surface area contributed by atoms with Crippen LogP contribution in [0.3, 0.4) is 0 Å². The Morgan fingerprint density at radius 3 is 2.19 bits per heavy atom. The predicted molar refractivity (Wildman–Crippen MR) is 102 cm³/mol. The van der Waals surface area contributed by atoms with Crippen molar-refractivity contribution in [2.24, 2.45) is 0 Å². The third-order valence-corrected chi connectivity index (χ3v) is 4.73. The standard InChI is InChI=1S/C22H28F3NO/c1-3-4-5-6-7-8-9-20(27)18-14-15-19(26-21(18)22(23,24)25)17-12-10-16(2)11-13-17/h10-15,20,27H,3-9H2,1-2H3. The molecule has 1 unspecified atom stereocenters. The minimum Gasteiger partial charge on any atom is -0.388 e. The Morgan fingerprint density at radius 1 is 0.926 bits per heavy atom. The normalized spacial score (nSPS) is 13.0.